The van der Waals surface area contributed by atoms with E-state index in [2.05, 4.69) is 25.8 Å². The number of aliphatic imine (C=N–C) groups is 1. The molecule has 1 aromatic carbocycles. The van der Waals surface area contributed by atoms with Gasteiger partial charge in [0.15, 0.2) is 0 Å². The highest BCUT2D eigenvalue weighted by molar-refractivity contribution is 5.97. The topological polar surface area (TPSA) is 12.4 Å². The van der Waals surface area contributed by atoms with Crippen LogP contribution in [0.2, 0.25) is 0 Å². The Bertz CT molecular complexity index is 513. The van der Waals surface area contributed by atoms with Crippen molar-refractivity contribution in [3.8, 4) is 0 Å². The first-order valence-corrected chi connectivity index (χ1v) is 6.50. The van der Waals surface area contributed by atoms with Gasteiger partial charge in [0.25, 0.3) is 0 Å². The zero-order chi connectivity index (χ0) is 13.7. The summed E-state index contributed by atoms with van der Waals surface area (Å²) >= 11 is 0. The molecule has 0 saturated heterocycles. The van der Waals surface area contributed by atoms with E-state index in [4.69, 9.17) is 0 Å². The van der Waals surface area contributed by atoms with Gasteiger partial charge in [-0.1, -0.05) is 49.0 Å². The summed E-state index contributed by atoms with van der Waals surface area (Å²) in [4.78, 5) is 4.69. The highest BCUT2D eigenvalue weighted by Gasteiger charge is 2.28. The Balaban J connectivity index is 0.00000180. The Morgan fingerprint density at radius 1 is 1.00 bits per heavy atom. The maximum Gasteiger partial charge on any atom is 0.127 e. The Morgan fingerprint density at radius 3 is 2.05 bits per heavy atom. The number of halogens is 1. The molecule has 1 nitrogen and oxygen atoms in total. The first kappa shape index (κ1) is 15.9. The van der Waals surface area contributed by atoms with Crippen molar-refractivity contribution in [3.63, 3.8) is 0 Å². The van der Waals surface area contributed by atoms with Gasteiger partial charge in [0.1, 0.15) is 5.82 Å². The van der Waals surface area contributed by atoms with Gasteiger partial charge < -0.3 is 0 Å². The third kappa shape index (κ3) is 3.05. The molecule has 0 amide bonds. The Morgan fingerprint density at radius 2 is 1.58 bits per heavy atom. The summed E-state index contributed by atoms with van der Waals surface area (Å²) < 4.78 is 14.1. The number of rotatable bonds is 0. The largest absolute Gasteiger partial charge is 0.257 e. The summed E-state index contributed by atoms with van der Waals surface area (Å²) in [5.74, 6) is -0.105. The lowest BCUT2D eigenvalue weighted by molar-refractivity contribution is 0.522. The second kappa shape index (κ2) is 4.73. The fourth-order valence-corrected chi connectivity index (χ4v) is 2.22. The first-order valence-electron chi connectivity index (χ1n) is 6.50. The Labute approximate surface area is 117 Å². The highest BCUT2D eigenvalue weighted by Crippen LogP contribution is 2.37. The van der Waals surface area contributed by atoms with Crippen molar-refractivity contribution in [3.05, 3.63) is 29.1 Å². The average Bonchev–Trinajstić information content (AvgIpc) is 2.56. The van der Waals surface area contributed by atoms with Crippen LogP contribution in [0.15, 0.2) is 17.1 Å². The Kier molecular flexibility index (Phi) is 3.96. The van der Waals surface area contributed by atoms with Crippen LogP contribution >= 0.6 is 0 Å². The minimum absolute atomic E-state index is 0. The third-order valence-electron chi connectivity index (χ3n) is 3.46. The quantitative estimate of drug-likeness (QED) is 0.591. The van der Waals surface area contributed by atoms with Crippen molar-refractivity contribution in [1.29, 1.82) is 0 Å². The molecule has 1 aliphatic rings. The normalized spacial score (nSPS) is 14.8. The van der Waals surface area contributed by atoms with Crippen LogP contribution in [0.4, 0.5) is 10.1 Å². The molecule has 0 fully saturated rings. The van der Waals surface area contributed by atoms with Crippen LogP contribution < -0.4 is 0 Å². The molecule has 0 saturated carbocycles. The van der Waals surface area contributed by atoms with Gasteiger partial charge in [0, 0.05) is 17.5 Å². The molecule has 0 aliphatic carbocycles. The van der Waals surface area contributed by atoms with Crippen LogP contribution in [0, 0.1) is 11.2 Å². The number of fused-ring (bicyclic) bond motifs is 1. The Hall–Kier alpha value is -1.18. The van der Waals surface area contributed by atoms with Crippen molar-refractivity contribution in [1.82, 2.24) is 0 Å². The molecule has 1 aromatic rings. The summed E-state index contributed by atoms with van der Waals surface area (Å²) in [6.07, 6.45) is 0.778. The molecule has 0 aromatic heterocycles. The first-order chi connectivity index (χ1) is 8.09. The molecule has 106 valence electrons. The zero-order valence-corrected chi connectivity index (χ0v) is 12.2. The molecular weight excluding hydrogens is 237 g/mol. The molecule has 0 atom stereocenters. The van der Waals surface area contributed by atoms with Gasteiger partial charge in [-0.3, -0.25) is 4.99 Å². The SMILES string of the molecule is C.CC(C)(C)C1=Nc2cc(C(C)(C)C)c(F)cc2C1. The number of nitrogens with zero attached hydrogens (tertiary/aromatic N) is 1. The fraction of sp³-hybridized carbons (Fsp3) is 0.588. The molecule has 0 unspecified atom stereocenters. The summed E-state index contributed by atoms with van der Waals surface area (Å²) in [6, 6.07) is 3.58. The predicted molar refractivity (Wildman–Crippen MR) is 82.1 cm³/mol. The van der Waals surface area contributed by atoms with E-state index in [0.717, 1.165) is 28.9 Å². The smallest absolute Gasteiger partial charge is 0.127 e. The monoisotopic (exact) mass is 263 g/mol. The van der Waals surface area contributed by atoms with E-state index in [1.54, 1.807) is 6.07 Å². The van der Waals surface area contributed by atoms with Crippen molar-refractivity contribution in [2.45, 2.75) is 60.8 Å². The minimum Gasteiger partial charge on any atom is -0.257 e. The number of hydrogen-bond acceptors (Lipinski definition) is 1. The third-order valence-corrected chi connectivity index (χ3v) is 3.46. The predicted octanol–water partition coefficient (Wildman–Crippen LogP) is 5.43. The average molecular weight is 263 g/mol. The molecular formula is C17H26FN. The van der Waals surface area contributed by atoms with Crippen LogP contribution in [0.3, 0.4) is 0 Å². The van der Waals surface area contributed by atoms with Crippen molar-refractivity contribution in [2.24, 2.45) is 10.4 Å². The second-order valence-corrected chi connectivity index (χ2v) is 7.20. The van der Waals surface area contributed by atoms with E-state index in [9.17, 15) is 4.39 Å². The van der Waals surface area contributed by atoms with E-state index in [1.807, 2.05) is 26.8 Å². The number of benzene rings is 1. The van der Waals surface area contributed by atoms with Gasteiger partial charge in [0.05, 0.1) is 5.69 Å². The standard InChI is InChI=1S/C16H22FN.CH4/c1-15(2,3)11-9-13-10(7-12(11)17)8-14(18-13)16(4,5)6;/h7,9H,8H2,1-6H3;1H4. The maximum absolute atomic E-state index is 14.1. The molecule has 2 rings (SSSR count). The molecule has 1 aliphatic heterocycles. The van der Waals surface area contributed by atoms with E-state index >= 15 is 0 Å². The molecule has 2 heteroatoms. The lowest BCUT2D eigenvalue weighted by atomic mass is 9.84. The molecule has 1 heterocycles. The highest BCUT2D eigenvalue weighted by atomic mass is 19.1. The maximum atomic E-state index is 14.1. The summed E-state index contributed by atoms with van der Waals surface area (Å²) in [5.41, 5.74) is 3.73. The van der Waals surface area contributed by atoms with E-state index < -0.39 is 0 Å². The van der Waals surface area contributed by atoms with Gasteiger partial charge in [-0.15, -0.1) is 0 Å². The van der Waals surface area contributed by atoms with Gasteiger partial charge in [-0.25, -0.2) is 4.39 Å². The molecule has 0 bridgehead atoms. The fourth-order valence-electron chi connectivity index (χ4n) is 2.22. The molecule has 0 spiro atoms. The van der Waals surface area contributed by atoms with Crippen molar-refractivity contribution >= 4 is 11.4 Å². The van der Waals surface area contributed by atoms with Gasteiger partial charge in [-0.2, -0.15) is 0 Å². The van der Waals surface area contributed by atoms with Gasteiger partial charge in [-0.05, 0) is 28.7 Å². The van der Waals surface area contributed by atoms with Crippen LogP contribution in [0.5, 0.6) is 0 Å². The van der Waals surface area contributed by atoms with Crippen LogP contribution in [-0.4, -0.2) is 5.71 Å². The minimum atomic E-state index is -0.181. The second-order valence-electron chi connectivity index (χ2n) is 7.20. The van der Waals surface area contributed by atoms with Gasteiger partial charge in [0.2, 0.25) is 0 Å². The van der Waals surface area contributed by atoms with E-state index in [-0.39, 0.29) is 24.1 Å². The number of hydrogen-bond donors (Lipinski definition) is 0. The van der Waals surface area contributed by atoms with Crippen LogP contribution in [0.1, 0.15) is 60.1 Å². The summed E-state index contributed by atoms with van der Waals surface area (Å²) in [5, 5.41) is 0. The molecule has 19 heavy (non-hydrogen) atoms. The molecule has 0 radical (unpaired) electrons. The van der Waals surface area contributed by atoms with E-state index in [1.165, 1.54) is 0 Å². The van der Waals surface area contributed by atoms with Gasteiger partial charge >= 0.3 is 0 Å². The lowest BCUT2D eigenvalue weighted by Crippen LogP contribution is -2.19. The van der Waals surface area contributed by atoms with E-state index in [0.29, 0.717) is 0 Å². The van der Waals surface area contributed by atoms with Crippen LogP contribution in [-0.2, 0) is 11.8 Å². The molecule has 0 N–H and O–H groups in total. The van der Waals surface area contributed by atoms with Crippen LogP contribution in [0.25, 0.3) is 0 Å². The van der Waals surface area contributed by atoms with Crippen molar-refractivity contribution < 1.29 is 4.39 Å². The zero-order valence-electron chi connectivity index (χ0n) is 12.2. The van der Waals surface area contributed by atoms with Crippen molar-refractivity contribution in [2.75, 3.05) is 0 Å². The summed E-state index contributed by atoms with van der Waals surface area (Å²) in [6.45, 7) is 12.5. The summed E-state index contributed by atoms with van der Waals surface area (Å²) in [7, 11) is 0. The lowest BCUT2D eigenvalue weighted by Gasteiger charge is -2.20.